The molecule has 1 amide bonds. The Morgan fingerprint density at radius 3 is 2.95 bits per heavy atom. The molecule has 2 aromatic rings. The Balaban J connectivity index is 1.99. The summed E-state index contributed by atoms with van der Waals surface area (Å²) < 4.78 is 0. The number of hydrogen-bond donors (Lipinski definition) is 2. The molecule has 1 aromatic carbocycles. The predicted octanol–water partition coefficient (Wildman–Crippen LogP) is 2.94. The number of anilines is 1. The second-order valence-electron chi connectivity index (χ2n) is 5.15. The molecule has 0 fully saturated rings. The number of carbonyl (C=O) groups excluding carboxylic acids is 1. The molecule has 0 spiro atoms. The molecule has 106 valence electrons. The van der Waals surface area contributed by atoms with Crippen LogP contribution in [0.5, 0.6) is 0 Å². The zero-order valence-corrected chi connectivity index (χ0v) is 11.8. The van der Waals surface area contributed by atoms with Gasteiger partial charge in [0, 0.05) is 18.0 Å². The summed E-state index contributed by atoms with van der Waals surface area (Å²) in [5, 5.41) is 3.94. The van der Waals surface area contributed by atoms with E-state index in [0.717, 1.165) is 29.4 Å². The van der Waals surface area contributed by atoms with Crippen molar-refractivity contribution in [2.24, 2.45) is 11.7 Å². The van der Waals surface area contributed by atoms with Gasteiger partial charge in [-0.05, 0) is 49.6 Å². The van der Waals surface area contributed by atoms with Crippen LogP contribution >= 0.6 is 0 Å². The van der Waals surface area contributed by atoms with Crippen molar-refractivity contribution in [3.8, 4) is 0 Å². The fourth-order valence-electron chi connectivity index (χ4n) is 2.23. The number of rotatable bonds is 6. The first-order valence-electron chi connectivity index (χ1n) is 7.04. The van der Waals surface area contributed by atoms with Gasteiger partial charge in [0.2, 0.25) is 5.91 Å². The van der Waals surface area contributed by atoms with Crippen LogP contribution in [0.15, 0.2) is 36.5 Å². The van der Waals surface area contributed by atoms with E-state index in [1.54, 1.807) is 6.20 Å². The Labute approximate surface area is 119 Å². The molecule has 2 rings (SSSR count). The van der Waals surface area contributed by atoms with E-state index in [9.17, 15) is 4.79 Å². The number of carbonyl (C=O) groups is 1. The van der Waals surface area contributed by atoms with E-state index < -0.39 is 0 Å². The summed E-state index contributed by atoms with van der Waals surface area (Å²) in [6.45, 7) is 2.81. The van der Waals surface area contributed by atoms with Gasteiger partial charge < -0.3 is 11.1 Å². The summed E-state index contributed by atoms with van der Waals surface area (Å²) in [5.41, 5.74) is 7.23. The van der Waals surface area contributed by atoms with Crippen LogP contribution in [0.4, 0.5) is 5.69 Å². The molecular formula is C16H21N3O. The van der Waals surface area contributed by atoms with Crippen LogP contribution in [0.3, 0.4) is 0 Å². The lowest BCUT2D eigenvalue weighted by Gasteiger charge is -2.11. The lowest BCUT2D eigenvalue weighted by molar-refractivity contribution is -0.116. The molecule has 1 heterocycles. The summed E-state index contributed by atoms with van der Waals surface area (Å²) in [6, 6.07) is 9.60. The molecule has 0 saturated heterocycles. The Morgan fingerprint density at radius 1 is 1.30 bits per heavy atom. The molecule has 0 aliphatic carbocycles. The molecule has 1 aromatic heterocycles. The van der Waals surface area contributed by atoms with Crippen LogP contribution in [0.1, 0.15) is 26.2 Å². The number of pyridine rings is 1. The summed E-state index contributed by atoms with van der Waals surface area (Å²) >= 11 is 0. The van der Waals surface area contributed by atoms with Gasteiger partial charge in [0.1, 0.15) is 0 Å². The summed E-state index contributed by atoms with van der Waals surface area (Å²) in [7, 11) is 0. The summed E-state index contributed by atoms with van der Waals surface area (Å²) in [6.07, 6.45) is 4.11. The maximum absolute atomic E-state index is 12.0. The Hall–Kier alpha value is -1.94. The number of fused-ring (bicyclic) bond motifs is 1. The molecule has 4 heteroatoms. The van der Waals surface area contributed by atoms with Crippen LogP contribution < -0.4 is 11.1 Å². The van der Waals surface area contributed by atoms with Crippen LogP contribution in [-0.4, -0.2) is 17.4 Å². The molecule has 0 saturated carbocycles. The quantitative estimate of drug-likeness (QED) is 0.848. The fraction of sp³-hybridized carbons (Fsp3) is 0.375. The second kappa shape index (κ2) is 7.01. The number of aromatic nitrogens is 1. The van der Waals surface area contributed by atoms with Gasteiger partial charge in [0.05, 0.1) is 11.2 Å². The van der Waals surface area contributed by atoms with Gasteiger partial charge in [0.15, 0.2) is 0 Å². The van der Waals surface area contributed by atoms with E-state index in [1.807, 2.05) is 30.3 Å². The average Bonchev–Trinajstić information content (AvgIpc) is 2.46. The highest BCUT2D eigenvalue weighted by molar-refractivity contribution is 6.00. The van der Waals surface area contributed by atoms with Gasteiger partial charge >= 0.3 is 0 Å². The maximum Gasteiger partial charge on any atom is 0.224 e. The third-order valence-corrected chi connectivity index (χ3v) is 3.44. The average molecular weight is 271 g/mol. The zero-order chi connectivity index (χ0) is 14.4. The minimum absolute atomic E-state index is 0.0465. The molecule has 0 aliphatic rings. The number of hydrogen-bond acceptors (Lipinski definition) is 3. The molecule has 4 nitrogen and oxygen atoms in total. The first-order chi connectivity index (χ1) is 9.70. The predicted molar refractivity (Wildman–Crippen MR) is 82.4 cm³/mol. The highest BCUT2D eigenvalue weighted by Gasteiger charge is 2.08. The number of nitrogens with two attached hydrogens (primary N) is 1. The van der Waals surface area contributed by atoms with Gasteiger partial charge in [0.25, 0.3) is 0 Å². The van der Waals surface area contributed by atoms with Crippen molar-refractivity contribution in [2.75, 3.05) is 11.9 Å². The van der Waals surface area contributed by atoms with Crippen molar-refractivity contribution >= 4 is 22.5 Å². The maximum atomic E-state index is 12.0. The molecular weight excluding hydrogens is 250 g/mol. The Bertz CT molecular complexity index is 577. The van der Waals surface area contributed by atoms with E-state index in [4.69, 9.17) is 5.73 Å². The first kappa shape index (κ1) is 14.5. The lowest BCUT2D eigenvalue weighted by atomic mass is 10.0. The van der Waals surface area contributed by atoms with Crippen molar-refractivity contribution in [2.45, 2.75) is 26.2 Å². The number of amides is 1. The largest absolute Gasteiger partial charge is 0.330 e. The zero-order valence-electron chi connectivity index (χ0n) is 11.8. The van der Waals surface area contributed by atoms with E-state index in [1.165, 1.54) is 0 Å². The lowest BCUT2D eigenvalue weighted by Crippen LogP contribution is -2.14. The van der Waals surface area contributed by atoms with Crippen LogP contribution in [0, 0.1) is 5.92 Å². The second-order valence-corrected chi connectivity index (χ2v) is 5.15. The SMILES string of the molecule is CC(CCN)CCC(=O)Nc1cccc2ncccc12. The van der Waals surface area contributed by atoms with Gasteiger partial charge in [-0.15, -0.1) is 0 Å². The van der Waals surface area contributed by atoms with Crippen molar-refractivity contribution in [3.63, 3.8) is 0 Å². The monoisotopic (exact) mass is 271 g/mol. The van der Waals surface area contributed by atoms with Crippen molar-refractivity contribution in [3.05, 3.63) is 36.5 Å². The third kappa shape index (κ3) is 3.78. The summed E-state index contributed by atoms with van der Waals surface area (Å²) in [4.78, 5) is 16.3. The first-order valence-corrected chi connectivity index (χ1v) is 7.04. The smallest absolute Gasteiger partial charge is 0.224 e. The fourth-order valence-corrected chi connectivity index (χ4v) is 2.23. The highest BCUT2D eigenvalue weighted by atomic mass is 16.1. The molecule has 0 bridgehead atoms. The third-order valence-electron chi connectivity index (χ3n) is 3.44. The van der Waals surface area contributed by atoms with Crippen LogP contribution in [-0.2, 0) is 4.79 Å². The van der Waals surface area contributed by atoms with Gasteiger partial charge in [-0.3, -0.25) is 9.78 Å². The minimum atomic E-state index is 0.0465. The Kier molecular flexibility index (Phi) is 5.07. The molecule has 3 N–H and O–H groups in total. The normalized spacial score (nSPS) is 12.3. The van der Waals surface area contributed by atoms with Crippen molar-refractivity contribution < 1.29 is 4.79 Å². The van der Waals surface area contributed by atoms with Crippen molar-refractivity contribution in [1.82, 2.24) is 4.98 Å². The summed E-state index contributed by atoms with van der Waals surface area (Å²) in [5.74, 6) is 0.533. The molecule has 1 atom stereocenters. The van der Waals surface area contributed by atoms with E-state index >= 15 is 0 Å². The molecule has 1 unspecified atom stereocenters. The van der Waals surface area contributed by atoms with Gasteiger partial charge in [-0.25, -0.2) is 0 Å². The van der Waals surface area contributed by atoms with E-state index in [-0.39, 0.29) is 5.91 Å². The topological polar surface area (TPSA) is 68.0 Å². The molecule has 0 radical (unpaired) electrons. The van der Waals surface area contributed by atoms with Crippen LogP contribution in [0.25, 0.3) is 10.9 Å². The minimum Gasteiger partial charge on any atom is -0.330 e. The molecule has 0 aliphatic heterocycles. The van der Waals surface area contributed by atoms with Crippen molar-refractivity contribution in [1.29, 1.82) is 0 Å². The Morgan fingerprint density at radius 2 is 2.15 bits per heavy atom. The van der Waals surface area contributed by atoms with E-state index in [0.29, 0.717) is 18.9 Å². The number of benzene rings is 1. The molecule has 20 heavy (non-hydrogen) atoms. The number of nitrogens with zero attached hydrogens (tertiary/aromatic N) is 1. The standard InChI is InChI=1S/C16H21N3O/c1-12(9-10-17)7-8-16(20)19-15-6-2-5-14-13(15)4-3-11-18-14/h2-6,11-12H,7-10,17H2,1H3,(H,19,20). The van der Waals surface area contributed by atoms with Gasteiger partial charge in [-0.2, -0.15) is 0 Å². The van der Waals surface area contributed by atoms with E-state index in [2.05, 4.69) is 17.2 Å². The number of nitrogens with one attached hydrogen (secondary N) is 1. The highest BCUT2D eigenvalue weighted by Crippen LogP contribution is 2.21. The van der Waals surface area contributed by atoms with Gasteiger partial charge in [-0.1, -0.05) is 13.0 Å². The van der Waals surface area contributed by atoms with Crippen LogP contribution in [0.2, 0.25) is 0 Å².